The van der Waals surface area contributed by atoms with E-state index in [1.54, 1.807) is 66.9 Å². The Bertz CT molecular complexity index is 1460. The van der Waals surface area contributed by atoms with Gasteiger partial charge >= 0.3 is 5.97 Å². The summed E-state index contributed by atoms with van der Waals surface area (Å²) in [7, 11) is 1.84. The number of carboxylic acid groups (broad SMARTS) is 1. The van der Waals surface area contributed by atoms with Crippen LogP contribution in [0.1, 0.15) is 38.3 Å². The Balaban J connectivity index is 1.63. The standard InChI is InChI=1S/C28H26N4O4/c1-31-16-23(25(33)14-9-18-7-10-19(11-8-18)27(29)30)22-15-21(12-13-24(22)31)32(17-26(34)35)28(36)20-5-3-2-4-6-20/h2-8,10-13,15-16H,9,14,17H2,1H3,(H3,29,30)(H,34,35). The number of aliphatic carboxylic acids is 1. The lowest BCUT2D eigenvalue weighted by atomic mass is 10.0. The quantitative estimate of drug-likeness (QED) is 0.189. The monoisotopic (exact) mass is 482 g/mol. The molecule has 0 saturated carbocycles. The van der Waals surface area contributed by atoms with Crippen molar-refractivity contribution in [3.8, 4) is 0 Å². The first-order valence-corrected chi connectivity index (χ1v) is 11.4. The SMILES string of the molecule is Cn1cc(C(=O)CCc2ccc(C(=N)N)cc2)c2cc(N(CC(=O)O)C(=O)c3ccccc3)ccc21. The highest BCUT2D eigenvalue weighted by Crippen LogP contribution is 2.28. The number of anilines is 1. The number of aryl methyl sites for hydroxylation is 2. The van der Waals surface area contributed by atoms with Crippen LogP contribution in [-0.2, 0) is 18.3 Å². The van der Waals surface area contributed by atoms with Crippen molar-refractivity contribution < 1.29 is 19.5 Å². The van der Waals surface area contributed by atoms with Gasteiger partial charge in [-0.2, -0.15) is 0 Å². The molecule has 1 amide bonds. The largest absolute Gasteiger partial charge is 0.480 e. The topological polar surface area (TPSA) is 129 Å². The Hall–Kier alpha value is -4.72. The first-order valence-electron chi connectivity index (χ1n) is 11.4. The van der Waals surface area contributed by atoms with Crippen LogP contribution in [0.25, 0.3) is 10.9 Å². The highest BCUT2D eigenvalue weighted by atomic mass is 16.4. The molecule has 0 atom stereocenters. The van der Waals surface area contributed by atoms with Crippen molar-refractivity contribution >= 4 is 40.1 Å². The van der Waals surface area contributed by atoms with E-state index in [0.717, 1.165) is 11.1 Å². The summed E-state index contributed by atoms with van der Waals surface area (Å²) in [5.41, 5.74) is 9.17. The second kappa shape index (κ2) is 10.3. The number of aromatic nitrogens is 1. The molecule has 1 aromatic heterocycles. The molecule has 1 heterocycles. The molecule has 4 N–H and O–H groups in total. The fourth-order valence-corrected chi connectivity index (χ4v) is 4.17. The average molecular weight is 483 g/mol. The third kappa shape index (κ3) is 5.17. The van der Waals surface area contributed by atoms with Crippen LogP contribution in [0.2, 0.25) is 0 Å². The number of amidine groups is 1. The molecule has 182 valence electrons. The van der Waals surface area contributed by atoms with Gasteiger partial charge in [-0.25, -0.2) is 0 Å². The van der Waals surface area contributed by atoms with Crippen molar-refractivity contribution in [2.24, 2.45) is 12.8 Å². The normalized spacial score (nSPS) is 10.8. The van der Waals surface area contributed by atoms with Crippen molar-refractivity contribution in [3.63, 3.8) is 0 Å². The molecule has 4 rings (SSSR count). The summed E-state index contributed by atoms with van der Waals surface area (Å²) in [4.78, 5) is 39.1. The molecular formula is C28H26N4O4. The maximum atomic E-state index is 13.2. The fourth-order valence-electron chi connectivity index (χ4n) is 4.17. The minimum absolute atomic E-state index is 0.00752. The summed E-state index contributed by atoms with van der Waals surface area (Å²) in [5, 5.41) is 17.6. The predicted molar refractivity (Wildman–Crippen MR) is 139 cm³/mol. The van der Waals surface area contributed by atoms with Gasteiger partial charge in [-0.05, 0) is 42.3 Å². The van der Waals surface area contributed by atoms with E-state index < -0.39 is 18.4 Å². The zero-order valence-electron chi connectivity index (χ0n) is 19.8. The number of nitrogens with one attached hydrogen (secondary N) is 1. The molecule has 0 radical (unpaired) electrons. The van der Waals surface area contributed by atoms with E-state index in [1.165, 1.54) is 4.90 Å². The first-order chi connectivity index (χ1) is 17.2. The van der Waals surface area contributed by atoms with Gasteiger partial charge in [0.2, 0.25) is 0 Å². The average Bonchev–Trinajstić information content (AvgIpc) is 3.21. The number of carboxylic acids is 1. The van der Waals surface area contributed by atoms with Gasteiger partial charge in [-0.15, -0.1) is 0 Å². The van der Waals surface area contributed by atoms with Gasteiger partial charge in [0.1, 0.15) is 12.4 Å². The lowest BCUT2D eigenvalue weighted by molar-refractivity contribution is -0.135. The van der Waals surface area contributed by atoms with Crippen LogP contribution in [0.5, 0.6) is 0 Å². The van der Waals surface area contributed by atoms with Gasteiger partial charge in [0, 0.05) is 52.9 Å². The van der Waals surface area contributed by atoms with Crippen molar-refractivity contribution in [2.45, 2.75) is 12.8 Å². The third-order valence-corrected chi connectivity index (χ3v) is 6.05. The van der Waals surface area contributed by atoms with Crippen LogP contribution in [-0.4, -0.2) is 39.7 Å². The highest BCUT2D eigenvalue weighted by molar-refractivity contribution is 6.12. The molecule has 0 spiro atoms. The molecule has 0 aliphatic heterocycles. The van der Waals surface area contributed by atoms with Crippen molar-refractivity contribution in [2.75, 3.05) is 11.4 Å². The number of ketones is 1. The smallest absolute Gasteiger partial charge is 0.323 e. The number of carbonyl (C=O) groups excluding carboxylic acids is 2. The van der Waals surface area contributed by atoms with E-state index in [4.69, 9.17) is 11.1 Å². The molecule has 0 bridgehead atoms. The minimum Gasteiger partial charge on any atom is -0.480 e. The number of hydrogen-bond acceptors (Lipinski definition) is 4. The lowest BCUT2D eigenvalue weighted by Crippen LogP contribution is -2.35. The Morgan fingerprint density at radius 3 is 2.31 bits per heavy atom. The van der Waals surface area contributed by atoms with Crippen LogP contribution >= 0.6 is 0 Å². The molecule has 0 saturated heterocycles. The van der Waals surface area contributed by atoms with Crippen molar-refractivity contribution in [1.29, 1.82) is 5.41 Å². The summed E-state index contributed by atoms with van der Waals surface area (Å²) in [6.45, 7) is -0.508. The Labute approximate surface area is 208 Å². The summed E-state index contributed by atoms with van der Waals surface area (Å²) in [6, 6.07) is 20.9. The summed E-state index contributed by atoms with van der Waals surface area (Å²) in [6.07, 6.45) is 2.55. The number of nitrogen functional groups attached to an aromatic ring is 1. The van der Waals surface area contributed by atoms with E-state index in [9.17, 15) is 19.5 Å². The molecular weight excluding hydrogens is 456 g/mol. The van der Waals surface area contributed by atoms with Crippen LogP contribution < -0.4 is 10.6 Å². The Morgan fingerprint density at radius 2 is 1.67 bits per heavy atom. The first kappa shape index (κ1) is 24.4. The van der Waals surface area contributed by atoms with Gasteiger partial charge in [-0.3, -0.25) is 24.7 Å². The van der Waals surface area contributed by atoms with Gasteiger partial charge < -0.3 is 15.4 Å². The summed E-state index contributed by atoms with van der Waals surface area (Å²) >= 11 is 0. The minimum atomic E-state index is -1.14. The highest BCUT2D eigenvalue weighted by Gasteiger charge is 2.22. The molecule has 3 aromatic carbocycles. The molecule has 36 heavy (non-hydrogen) atoms. The lowest BCUT2D eigenvalue weighted by Gasteiger charge is -2.21. The molecule has 0 unspecified atom stereocenters. The molecule has 0 fully saturated rings. The van der Waals surface area contributed by atoms with Gasteiger partial charge in [0.15, 0.2) is 5.78 Å². The fraction of sp³-hybridized carbons (Fsp3) is 0.143. The number of nitrogens with two attached hydrogens (primary N) is 1. The number of rotatable bonds is 9. The van der Waals surface area contributed by atoms with Crippen LogP contribution in [0, 0.1) is 5.41 Å². The zero-order chi connectivity index (χ0) is 25.8. The van der Waals surface area contributed by atoms with Gasteiger partial charge in [0.25, 0.3) is 5.91 Å². The number of fused-ring (bicyclic) bond motifs is 1. The van der Waals surface area contributed by atoms with E-state index in [-0.39, 0.29) is 18.0 Å². The maximum absolute atomic E-state index is 13.2. The number of benzene rings is 3. The van der Waals surface area contributed by atoms with E-state index in [1.807, 2.05) is 23.7 Å². The Morgan fingerprint density at radius 1 is 0.972 bits per heavy atom. The molecule has 4 aromatic rings. The number of hydrogen-bond donors (Lipinski definition) is 3. The summed E-state index contributed by atoms with van der Waals surface area (Å²) < 4.78 is 1.84. The van der Waals surface area contributed by atoms with E-state index in [0.29, 0.717) is 34.2 Å². The van der Waals surface area contributed by atoms with Crippen molar-refractivity contribution in [1.82, 2.24) is 4.57 Å². The summed E-state index contributed by atoms with van der Waals surface area (Å²) in [5.74, 6) is -1.64. The molecule has 0 aliphatic carbocycles. The second-order valence-corrected chi connectivity index (χ2v) is 8.54. The molecule has 0 aliphatic rings. The van der Waals surface area contributed by atoms with E-state index >= 15 is 0 Å². The van der Waals surface area contributed by atoms with Crippen LogP contribution in [0.3, 0.4) is 0 Å². The number of amides is 1. The molecule has 8 heteroatoms. The third-order valence-electron chi connectivity index (χ3n) is 6.05. The predicted octanol–water partition coefficient (Wildman–Crippen LogP) is 4.01. The van der Waals surface area contributed by atoms with E-state index in [2.05, 4.69) is 0 Å². The van der Waals surface area contributed by atoms with Crippen molar-refractivity contribution in [3.05, 3.63) is 101 Å². The number of Topliss-reactive ketones (excluding diaryl/α,β-unsaturated/α-hetero) is 1. The maximum Gasteiger partial charge on any atom is 0.323 e. The van der Waals surface area contributed by atoms with Gasteiger partial charge in [-0.1, -0.05) is 42.5 Å². The number of carbonyl (C=O) groups is 3. The Kier molecular flexibility index (Phi) is 6.96. The number of nitrogens with zero attached hydrogens (tertiary/aromatic N) is 2. The zero-order valence-corrected chi connectivity index (χ0v) is 19.8. The van der Waals surface area contributed by atoms with Crippen LogP contribution in [0.4, 0.5) is 5.69 Å². The molecule has 8 nitrogen and oxygen atoms in total. The van der Waals surface area contributed by atoms with Gasteiger partial charge in [0.05, 0.1) is 0 Å². The second-order valence-electron chi connectivity index (χ2n) is 8.54. The van der Waals surface area contributed by atoms with Crippen LogP contribution in [0.15, 0.2) is 79.0 Å².